The van der Waals surface area contributed by atoms with Crippen molar-refractivity contribution in [3.63, 3.8) is 0 Å². The summed E-state index contributed by atoms with van der Waals surface area (Å²) in [5, 5.41) is 3.06. The highest BCUT2D eigenvalue weighted by Crippen LogP contribution is 2.48. The van der Waals surface area contributed by atoms with Gasteiger partial charge in [0.05, 0.1) is 16.5 Å². The summed E-state index contributed by atoms with van der Waals surface area (Å²) in [6.07, 6.45) is 2.79. The molecule has 3 atom stereocenters. The van der Waals surface area contributed by atoms with Crippen LogP contribution >= 0.6 is 15.9 Å². The topological polar surface area (TPSA) is 66.5 Å². The number of hydrogen-bond acceptors (Lipinski definition) is 3. The zero-order valence-corrected chi connectivity index (χ0v) is 19.0. The van der Waals surface area contributed by atoms with Gasteiger partial charge >= 0.3 is 0 Å². The van der Waals surface area contributed by atoms with Gasteiger partial charge in [-0.15, -0.1) is 0 Å². The van der Waals surface area contributed by atoms with E-state index in [9.17, 15) is 17.6 Å². The van der Waals surface area contributed by atoms with Crippen molar-refractivity contribution in [2.24, 2.45) is 0 Å². The summed E-state index contributed by atoms with van der Waals surface area (Å²) in [4.78, 5) is 12.6. The molecule has 30 heavy (non-hydrogen) atoms. The number of fused-ring (bicyclic) bond motifs is 1. The Morgan fingerprint density at radius 1 is 1.13 bits per heavy atom. The fourth-order valence-electron chi connectivity index (χ4n) is 4.77. The van der Waals surface area contributed by atoms with E-state index in [0.29, 0.717) is 31.2 Å². The Morgan fingerprint density at radius 3 is 2.53 bits per heavy atom. The van der Waals surface area contributed by atoms with Gasteiger partial charge in [-0.2, -0.15) is 4.31 Å². The van der Waals surface area contributed by atoms with Gasteiger partial charge in [0.2, 0.25) is 15.9 Å². The van der Waals surface area contributed by atoms with E-state index >= 15 is 0 Å². The fraction of sp³-hybridized carbons (Fsp3) is 0.409. The zero-order valence-electron chi connectivity index (χ0n) is 16.6. The first-order valence-electron chi connectivity index (χ1n) is 10.1. The van der Waals surface area contributed by atoms with Gasteiger partial charge in [-0.1, -0.05) is 40.5 Å². The first-order chi connectivity index (χ1) is 14.2. The van der Waals surface area contributed by atoms with Gasteiger partial charge in [-0.25, -0.2) is 12.8 Å². The lowest BCUT2D eigenvalue weighted by Gasteiger charge is -2.37. The number of rotatable bonds is 3. The molecule has 0 saturated carbocycles. The van der Waals surface area contributed by atoms with Gasteiger partial charge in [0.15, 0.2) is 0 Å². The van der Waals surface area contributed by atoms with Crippen LogP contribution in [-0.4, -0.2) is 30.2 Å². The van der Waals surface area contributed by atoms with Crippen molar-refractivity contribution >= 4 is 31.9 Å². The number of carbonyl (C=O) groups is 1. The second-order valence-corrected chi connectivity index (χ2v) is 11.0. The van der Waals surface area contributed by atoms with Crippen LogP contribution in [0.3, 0.4) is 0 Å². The van der Waals surface area contributed by atoms with E-state index in [4.69, 9.17) is 0 Å². The number of carbonyl (C=O) groups excluding carboxylic acids is 1. The van der Waals surface area contributed by atoms with Crippen molar-refractivity contribution in [2.75, 3.05) is 0 Å². The highest BCUT2D eigenvalue weighted by atomic mass is 79.9. The number of benzene rings is 2. The summed E-state index contributed by atoms with van der Waals surface area (Å²) < 4.78 is 44.6. The molecule has 2 aromatic rings. The second kappa shape index (κ2) is 8.05. The van der Waals surface area contributed by atoms with E-state index in [0.717, 1.165) is 10.9 Å². The molecule has 1 N–H and O–H groups in total. The Morgan fingerprint density at radius 2 is 1.83 bits per heavy atom. The largest absolute Gasteiger partial charge is 0.349 e. The van der Waals surface area contributed by atoms with Gasteiger partial charge in [-0.05, 0) is 56.5 Å². The van der Waals surface area contributed by atoms with E-state index in [1.54, 1.807) is 42.5 Å². The molecule has 0 bridgehead atoms. The first-order valence-corrected chi connectivity index (χ1v) is 12.3. The lowest BCUT2D eigenvalue weighted by atomic mass is 9.85. The number of nitrogens with zero attached hydrogens (tertiary/aromatic N) is 1. The Bertz CT molecular complexity index is 1060. The van der Waals surface area contributed by atoms with Gasteiger partial charge in [0.25, 0.3) is 0 Å². The molecule has 0 radical (unpaired) electrons. The summed E-state index contributed by atoms with van der Waals surface area (Å²) in [5.74, 6) is -0.528. The summed E-state index contributed by atoms with van der Waals surface area (Å²) in [5.41, 5.74) is -0.437. The van der Waals surface area contributed by atoms with Gasteiger partial charge in [-0.3, -0.25) is 4.79 Å². The van der Waals surface area contributed by atoms with E-state index < -0.39 is 33.5 Å². The Labute approximate surface area is 184 Å². The van der Waals surface area contributed by atoms with Crippen LogP contribution in [0, 0.1) is 5.82 Å². The van der Waals surface area contributed by atoms with E-state index in [1.165, 1.54) is 10.4 Å². The molecule has 4 rings (SSSR count). The molecular weight excluding hydrogens is 471 g/mol. The van der Waals surface area contributed by atoms with E-state index in [2.05, 4.69) is 21.2 Å². The molecule has 2 aliphatic heterocycles. The van der Waals surface area contributed by atoms with Crippen molar-refractivity contribution in [2.45, 2.75) is 61.5 Å². The van der Waals surface area contributed by atoms with Crippen LogP contribution in [-0.2, 0) is 14.8 Å². The van der Waals surface area contributed by atoms with Crippen molar-refractivity contribution < 1.29 is 17.6 Å². The molecule has 2 heterocycles. The predicted molar refractivity (Wildman–Crippen MR) is 116 cm³/mol. The van der Waals surface area contributed by atoms with E-state index in [1.807, 2.05) is 6.92 Å². The molecule has 0 unspecified atom stereocenters. The Balaban J connectivity index is 1.87. The average molecular weight is 495 g/mol. The van der Waals surface area contributed by atoms with Crippen LogP contribution in [0.25, 0.3) is 0 Å². The molecule has 2 fully saturated rings. The number of nitrogens with one attached hydrogen (secondary N) is 1. The molecule has 0 spiro atoms. The zero-order chi connectivity index (χ0) is 21.5. The Hall–Kier alpha value is -1.77. The van der Waals surface area contributed by atoms with Gasteiger partial charge in [0, 0.05) is 22.5 Å². The van der Waals surface area contributed by atoms with Crippen molar-refractivity contribution in [3.8, 4) is 0 Å². The van der Waals surface area contributed by atoms with Crippen LogP contribution < -0.4 is 5.32 Å². The summed E-state index contributed by atoms with van der Waals surface area (Å²) in [6.45, 7) is 1.88. The Kier molecular flexibility index (Phi) is 5.76. The van der Waals surface area contributed by atoms with Crippen LogP contribution in [0.1, 0.15) is 50.6 Å². The normalized spacial score (nSPS) is 27.8. The number of hydrogen-bond donors (Lipinski definition) is 1. The highest BCUT2D eigenvalue weighted by molar-refractivity contribution is 9.10. The van der Waals surface area contributed by atoms with Crippen molar-refractivity contribution in [1.82, 2.24) is 9.62 Å². The highest BCUT2D eigenvalue weighted by Gasteiger charge is 2.55. The minimum Gasteiger partial charge on any atom is -0.349 e. The fourth-order valence-corrected chi connectivity index (χ4v) is 6.95. The lowest BCUT2D eigenvalue weighted by molar-refractivity contribution is -0.123. The minimum atomic E-state index is -3.93. The molecular formula is C22H24BrFN2O3S. The maximum atomic E-state index is 14.8. The molecule has 8 heteroatoms. The maximum absolute atomic E-state index is 14.8. The predicted octanol–water partition coefficient (Wildman–Crippen LogP) is 4.54. The molecule has 2 aromatic carbocycles. The molecule has 2 aliphatic rings. The third kappa shape index (κ3) is 3.81. The van der Waals surface area contributed by atoms with Crippen LogP contribution in [0.2, 0.25) is 0 Å². The number of amides is 1. The molecule has 0 aromatic heterocycles. The molecule has 2 saturated heterocycles. The van der Waals surface area contributed by atoms with Crippen LogP contribution in [0.4, 0.5) is 4.39 Å². The van der Waals surface area contributed by atoms with Crippen LogP contribution in [0.5, 0.6) is 0 Å². The smallest absolute Gasteiger partial charge is 0.243 e. The number of halogens is 2. The second-order valence-electron chi connectivity index (χ2n) is 8.26. The average Bonchev–Trinajstić information content (AvgIpc) is 2.96. The summed E-state index contributed by atoms with van der Waals surface area (Å²) in [6, 6.07) is 11.6. The van der Waals surface area contributed by atoms with Gasteiger partial charge in [0.1, 0.15) is 5.82 Å². The molecule has 5 nitrogen and oxygen atoms in total. The third-order valence-electron chi connectivity index (χ3n) is 6.18. The third-order valence-corrected chi connectivity index (χ3v) is 8.64. The standard InChI is InChI=1S/C22H24BrFN2O3S/c1-22-14-19(17-6-2-3-7-18(17)24)26(20(22)8-4-5-9-21(27)25-22)30(28,29)16-12-10-15(23)11-13-16/h2-3,6-7,10-13,19-20H,4-5,8-9,14H2,1H3,(H,25,27)/t19-,20-,22-/m0/s1. The SMILES string of the molecule is C[C@]12C[C@@H](c3ccccc3F)N(S(=O)(=O)c3ccc(Br)cc3)[C@H]1CCCCC(=O)N2. The summed E-state index contributed by atoms with van der Waals surface area (Å²) >= 11 is 3.34. The van der Waals surface area contributed by atoms with E-state index in [-0.39, 0.29) is 10.8 Å². The van der Waals surface area contributed by atoms with Crippen molar-refractivity contribution in [1.29, 1.82) is 0 Å². The summed E-state index contributed by atoms with van der Waals surface area (Å²) in [7, 11) is -3.93. The minimum absolute atomic E-state index is 0.0858. The van der Waals surface area contributed by atoms with Gasteiger partial charge < -0.3 is 5.32 Å². The number of sulfonamides is 1. The first kappa shape index (κ1) is 21.5. The molecule has 160 valence electrons. The maximum Gasteiger partial charge on any atom is 0.243 e. The lowest BCUT2D eigenvalue weighted by Crippen LogP contribution is -2.56. The van der Waals surface area contributed by atoms with Crippen molar-refractivity contribution in [3.05, 3.63) is 64.4 Å². The molecule has 0 aliphatic carbocycles. The molecule has 1 amide bonds. The van der Waals surface area contributed by atoms with Crippen LogP contribution in [0.15, 0.2) is 57.9 Å². The monoisotopic (exact) mass is 494 g/mol. The quantitative estimate of drug-likeness (QED) is 0.680.